The van der Waals surface area contributed by atoms with E-state index in [0.717, 1.165) is 5.56 Å². The molecule has 0 aliphatic heterocycles. The first kappa shape index (κ1) is 36.4. The number of hydrogen-bond donors (Lipinski definition) is 3. The zero-order valence-corrected chi connectivity index (χ0v) is 30.0. The van der Waals surface area contributed by atoms with E-state index < -0.39 is 36.0 Å². The molecule has 0 aliphatic carbocycles. The van der Waals surface area contributed by atoms with Gasteiger partial charge in [-0.15, -0.1) is 0 Å². The van der Waals surface area contributed by atoms with Crippen molar-refractivity contribution in [2.75, 3.05) is 18.5 Å². The predicted molar refractivity (Wildman–Crippen MR) is 183 cm³/mol. The van der Waals surface area contributed by atoms with Crippen LogP contribution in [0.15, 0.2) is 66.9 Å². The van der Waals surface area contributed by atoms with Crippen LogP contribution in [-0.4, -0.2) is 50.2 Å². The number of hydrogen-bond acceptors (Lipinski definition) is 7. The molecule has 1 amide bonds. The van der Waals surface area contributed by atoms with Crippen molar-refractivity contribution in [3.05, 3.63) is 89.2 Å². The van der Waals surface area contributed by atoms with Crippen molar-refractivity contribution in [1.82, 2.24) is 4.98 Å². The van der Waals surface area contributed by atoms with Gasteiger partial charge in [0.25, 0.3) is 0 Å². The van der Waals surface area contributed by atoms with Crippen molar-refractivity contribution in [3.8, 4) is 5.75 Å². The van der Waals surface area contributed by atoms with Gasteiger partial charge in [-0.25, -0.2) is 9.36 Å². The lowest BCUT2D eigenvalue weighted by Crippen LogP contribution is -2.42. The number of carbonyl (C=O) groups excluding carboxylic acids is 1. The molecule has 0 saturated heterocycles. The van der Waals surface area contributed by atoms with Crippen molar-refractivity contribution in [2.24, 2.45) is 0 Å². The van der Waals surface area contributed by atoms with Gasteiger partial charge in [-0.2, -0.15) is 0 Å². The van der Waals surface area contributed by atoms with E-state index in [1.165, 1.54) is 6.07 Å². The van der Waals surface area contributed by atoms with Gasteiger partial charge in [0.1, 0.15) is 5.75 Å². The highest BCUT2D eigenvalue weighted by Crippen LogP contribution is 2.46. The number of pyridine rings is 1. The monoisotopic (exact) mass is 672 g/mol. The fourth-order valence-corrected chi connectivity index (χ4v) is 5.99. The topological polar surface area (TPSA) is 136 Å². The number of ether oxygens (including phenoxy) is 3. The minimum absolute atomic E-state index is 0.0301. The molecule has 244 valence electrons. The number of rotatable bonds is 15. The first-order valence-corrected chi connectivity index (χ1v) is 23.7. The molecule has 1 heterocycles. The third-order valence-electron chi connectivity index (χ3n) is 6.58. The van der Waals surface area contributed by atoms with Gasteiger partial charge in [-0.3, -0.25) is 20.1 Å². The quantitative estimate of drug-likeness (QED) is 0.0831. The summed E-state index contributed by atoms with van der Waals surface area (Å²) in [7, 11) is -8.27. The highest BCUT2D eigenvalue weighted by atomic mass is 31.2. The number of nitrogens with one attached hydrogen (secondary N) is 1. The van der Waals surface area contributed by atoms with Gasteiger partial charge in [-0.1, -0.05) is 87.8 Å². The Balaban J connectivity index is 2.06. The summed E-state index contributed by atoms with van der Waals surface area (Å²) in [5, 5.41) is 2.76. The van der Waals surface area contributed by atoms with Crippen LogP contribution < -0.4 is 9.84 Å². The Labute approximate surface area is 268 Å². The SMILES string of the molecule is Cc1cccc(C(OCC[Si](C)(C)C)(OCC[Si](C)(C)C)OC(=O)Nc2cccnc2C=Cc2ccccc2)c1OP(=O)(O)O. The van der Waals surface area contributed by atoms with Crippen LogP contribution in [-0.2, 0) is 24.7 Å². The predicted octanol–water partition coefficient (Wildman–Crippen LogP) is 8.10. The van der Waals surface area contributed by atoms with E-state index in [-0.39, 0.29) is 24.5 Å². The van der Waals surface area contributed by atoms with E-state index in [1.54, 1.807) is 43.5 Å². The minimum atomic E-state index is -5.01. The maximum atomic E-state index is 13.7. The summed E-state index contributed by atoms with van der Waals surface area (Å²) in [5.74, 6) is -2.37. The van der Waals surface area contributed by atoms with Gasteiger partial charge in [-0.05, 0) is 54.4 Å². The van der Waals surface area contributed by atoms with E-state index in [4.69, 9.17) is 18.7 Å². The first-order chi connectivity index (χ1) is 21.0. The van der Waals surface area contributed by atoms with Gasteiger partial charge < -0.3 is 18.7 Å². The molecule has 0 aliphatic rings. The summed E-state index contributed by atoms with van der Waals surface area (Å²) in [6.07, 6.45) is 4.35. The smallest absolute Gasteiger partial charge is 0.403 e. The van der Waals surface area contributed by atoms with Crippen molar-refractivity contribution in [2.45, 2.75) is 64.3 Å². The largest absolute Gasteiger partial charge is 0.524 e. The summed E-state index contributed by atoms with van der Waals surface area (Å²) in [5.41, 5.74) is 2.25. The van der Waals surface area contributed by atoms with Crippen LogP contribution in [0.25, 0.3) is 12.2 Å². The number of anilines is 1. The highest BCUT2D eigenvalue weighted by molar-refractivity contribution is 7.46. The Kier molecular flexibility index (Phi) is 12.5. The van der Waals surface area contributed by atoms with Crippen LogP contribution in [0.3, 0.4) is 0 Å². The molecule has 0 bridgehead atoms. The number of phosphoric acid groups is 1. The van der Waals surface area contributed by atoms with Crippen molar-refractivity contribution in [1.29, 1.82) is 0 Å². The summed E-state index contributed by atoms with van der Waals surface area (Å²) in [6, 6.07) is 19.3. The second-order valence-electron chi connectivity index (χ2n) is 13.1. The molecule has 0 radical (unpaired) electrons. The Morgan fingerprint density at radius 1 is 0.889 bits per heavy atom. The highest BCUT2D eigenvalue weighted by Gasteiger charge is 2.44. The average Bonchev–Trinajstić information content (AvgIpc) is 2.92. The summed E-state index contributed by atoms with van der Waals surface area (Å²) >= 11 is 0. The summed E-state index contributed by atoms with van der Waals surface area (Å²) in [4.78, 5) is 37.7. The van der Waals surface area contributed by atoms with E-state index >= 15 is 0 Å². The second kappa shape index (κ2) is 15.5. The second-order valence-corrected chi connectivity index (χ2v) is 25.5. The fraction of sp³-hybridized carbons (Fsp3) is 0.375. The zero-order chi connectivity index (χ0) is 33.3. The molecule has 0 atom stereocenters. The normalized spacial score (nSPS) is 12.7. The van der Waals surface area contributed by atoms with Crippen LogP contribution in [0, 0.1) is 6.92 Å². The lowest BCUT2D eigenvalue weighted by Gasteiger charge is -2.35. The van der Waals surface area contributed by atoms with Gasteiger partial charge in [0.05, 0.1) is 30.2 Å². The van der Waals surface area contributed by atoms with Crippen LogP contribution in [0.1, 0.15) is 22.4 Å². The number of benzene rings is 2. The number of carbonyl (C=O) groups is 1. The molecule has 10 nitrogen and oxygen atoms in total. The van der Waals surface area contributed by atoms with E-state index in [0.29, 0.717) is 29.0 Å². The molecule has 3 N–H and O–H groups in total. The molecule has 3 aromatic rings. The van der Waals surface area contributed by atoms with Crippen molar-refractivity contribution >= 4 is 47.9 Å². The number of aryl methyl sites for hydroxylation is 1. The van der Waals surface area contributed by atoms with Crippen LogP contribution in [0.5, 0.6) is 5.75 Å². The Bertz CT molecular complexity index is 1480. The summed E-state index contributed by atoms with van der Waals surface area (Å²) < 4.78 is 35.9. The third kappa shape index (κ3) is 12.3. The molecule has 0 fully saturated rings. The molecule has 0 unspecified atom stereocenters. The number of para-hydroxylation sites is 1. The standard InChI is InChI=1S/C32H45N2O8PSi2/c1-25-13-11-16-27(30(25)42-43(36,37)38)32(39-21-23-44(2,3)4,40-22-24-45(5,6)7)41-31(35)34-29-17-12-20-33-28(29)19-18-26-14-9-8-10-15-26/h8-20H,21-24H2,1-7H3,(H,34,35)(H2,36,37,38). The van der Waals surface area contributed by atoms with Gasteiger partial charge >= 0.3 is 19.9 Å². The van der Waals surface area contributed by atoms with Crippen LogP contribution in [0.2, 0.25) is 51.4 Å². The van der Waals surface area contributed by atoms with E-state index in [9.17, 15) is 19.1 Å². The van der Waals surface area contributed by atoms with Crippen LogP contribution >= 0.6 is 7.82 Å². The van der Waals surface area contributed by atoms with Gasteiger partial charge in [0.2, 0.25) is 0 Å². The first-order valence-electron chi connectivity index (χ1n) is 14.8. The molecule has 0 spiro atoms. The Morgan fingerprint density at radius 2 is 1.51 bits per heavy atom. The molecule has 0 saturated carbocycles. The van der Waals surface area contributed by atoms with Crippen LogP contribution in [0.4, 0.5) is 10.5 Å². The lowest BCUT2D eigenvalue weighted by atomic mass is 10.1. The third-order valence-corrected chi connectivity index (χ3v) is 10.4. The van der Waals surface area contributed by atoms with E-state index in [1.807, 2.05) is 36.4 Å². The molecule has 13 heteroatoms. The molecular formula is C32H45N2O8PSi2. The average molecular weight is 673 g/mol. The molecular weight excluding hydrogens is 628 g/mol. The number of aromatic nitrogens is 1. The molecule has 2 aromatic carbocycles. The minimum Gasteiger partial charge on any atom is -0.403 e. The van der Waals surface area contributed by atoms with Gasteiger partial charge in [0.15, 0.2) is 0 Å². The number of amides is 1. The van der Waals surface area contributed by atoms with Crippen molar-refractivity contribution < 1.29 is 37.9 Å². The number of nitrogens with zero attached hydrogens (tertiary/aromatic N) is 1. The fourth-order valence-electron chi connectivity index (χ4n) is 4.08. The molecule has 45 heavy (non-hydrogen) atoms. The maximum Gasteiger partial charge on any atom is 0.524 e. The summed E-state index contributed by atoms with van der Waals surface area (Å²) in [6.45, 7) is 15.0. The molecule has 3 rings (SSSR count). The van der Waals surface area contributed by atoms with E-state index in [2.05, 4.69) is 49.6 Å². The Morgan fingerprint density at radius 3 is 2.09 bits per heavy atom. The lowest BCUT2D eigenvalue weighted by molar-refractivity contribution is -0.364. The zero-order valence-electron chi connectivity index (χ0n) is 27.1. The Hall–Kier alpha value is -3.10. The molecule has 1 aromatic heterocycles. The maximum absolute atomic E-state index is 13.7. The van der Waals surface area contributed by atoms with Crippen molar-refractivity contribution in [3.63, 3.8) is 0 Å². The number of phosphoric ester groups is 1. The van der Waals surface area contributed by atoms with Gasteiger partial charge in [0, 0.05) is 22.3 Å².